The first-order chi connectivity index (χ1) is 8.63. The van der Waals surface area contributed by atoms with Crippen LogP contribution in [0.15, 0.2) is 24.3 Å². The van der Waals surface area contributed by atoms with Gasteiger partial charge in [-0.1, -0.05) is 51.5 Å². The van der Waals surface area contributed by atoms with E-state index in [0.717, 1.165) is 31.4 Å². The van der Waals surface area contributed by atoms with E-state index >= 15 is 0 Å². The summed E-state index contributed by atoms with van der Waals surface area (Å²) < 4.78 is 5.49. The largest absolute Gasteiger partial charge is 0.386 e. The summed E-state index contributed by atoms with van der Waals surface area (Å²) in [7, 11) is 0. The third-order valence-electron chi connectivity index (χ3n) is 3.02. The number of hydrogen-bond acceptors (Lipinski definition) is 2. The zero-order chi connectivity index (χ0) is 13.4. The predicted molar refractivity (Wildman–Crippen MR) is 75.7 cm³/mol. The lowest BCUT2D eigenvalue weighted by Gasteiger charge is -2.13. The highest BCUT2D eigenvalue weighted by molar-refractivity contribution is 5.24. The Hall–Kier alpha value is -0.860. The predicted octanol–water partition coefficient (Wildman–Crippen LogP) is 3.74. The molecule has 1 N–H and O–H groups in total. The van der Waals surface area contributed by atoms with Crippen LogP contribution in [0.5, 0.6) is 0 Å². The van der Waals surface area contributed by atoms with Crippen LogP contribution in [0.1, 0.15) is 50.8 Å². The Balaban J connectivity index is 2.34. The Morgan fingerprint density at radius 2 is 1.83 bits per heavy atom. The highest BCUT2D eigenvalue weighted by Gasteiger charge is 2.07. The van der Waals surface area contributed by atoms with E-state index < -0.39 is 6.10 Å². The van der Waals surface area contributed by atoms with Crippen molar-refractivity contribution in [3.8, 4) is 0 Å². The molecular weight excluding hydrogens is 224 g/mol. The third-order valence-corrected chi connectivity index (χ3v) is 3.02. The Labute approximate surface area is 111 Å². The zero-order valence-electron chi connectivity index (χ0n) is 11.9. The summed E-state index contributed by atoms with van der Waals surface area (Å²) in [6.45, 7) is 7.63. The molecule has 0 aliphatic rings. The van der Waals surface area contributed by atoms with Crippen LogP contribution in [0.4, 0.5) is 0 Å². The molecule has 1 unspecified atom stereocenters. The van der Waals surface area contributed by atoms with Gasteiger partial charge in [-0.3, -0.25) is 0 Å². The summed E-state index contributed by atoms with van der Waals surface area (Å²) in [5.74, 6) is 0.649. The summed E-state index contributed by atoms with van der Waals surface area (Å²) in [4.78, 5) is 0. The lowest BCUT2D eigenvalue weighted by Crippen LogP contribution is -2.09. The molecule has 1 atom stereocenters. The Morgan fingerprint density at radius 3 is 2.39 bits per heavy atom. The average molecular weight is 250 g/mol. The summed E-state index contributed by atoms with van der Waals surface area (Å²) in [6, 6.07) is 8.19. The van der Waals surface area contributed by atoms with Gasteiger partial charge in [-0.15, -0.1) is 0 Å². The van der Waals surface area contributed by atoms with E-state index in [2.05, 4.69) is 32.9 Å². The maximum absolute atomic E-state index is 9.98. The first-order valence-electron chi connectivity index (χ1n) is 6.98. The molecule has 0 aliphatic heterocycles. The fourth-order valence-corrected chi connectivity index (χ4v) is 1.81. The van der Waals surface area contributed by atoms with E-state index in [1.54, 1.807) is 0 Å². The molecule has 2 nitrogen and oxygen atoms in total. The normalized spacial score (nSPS) is 12.9. The molecule has 0 amide bonds. The molecular formula is C16H26O2. The minimum absolute atomic E-state index is 0.389. The number of hydrogen-bond donors (Lipinski definition) is 1. The van der Waals surface area contributed by atoms with Crippen LogP contribution in [0.3, 0.4) is 0 Å². The van der Waals surface area contributed by atoms with Gasteiger partial charge < -0.3 is 9.84 Å². The quantitative estimate of drug-likeness (QED) is 0.712. The van der Waals surface area contributed by atoms with Crippen LogP contribution in [0, 0.1) is 5.92 Å². The van der Waals surface area contributed by atoms with Crippen molar-refractivity contribution in [3.63, 3.8) is 0 Å². The molecule has 1 rings (SSSR count). The first-order valence-corrected chi connectivity index (χ1v) is 6.98. The van der Waals surface area contributed by atoms with Crippen LogP contribution in [-0.4, -0.2) is 18.3 Å². The van der Waals surface area contributed by atoms with Crippen LogP contribution in [0.25, 0.3) is 0 Å². The van der Waals surface area contributed by atoms with Gasteiger partial charge in [-0.05, 0) is 29.9 Å². The van der Waals surface area contributed by atoms with E-state index in [9.17, 15) is 5.11 Å². The van der Waals surface area contributed by atoms with Crippen molar-refractivity contribution in [1.29, 1.82) is 0 Å². The zero-order valence-corrected chi connectivity index (χ0v) is 11.9. The molecule has 0 saturated heterocycles. The number of rotatable bonds is 8. The second kappa shape index (κ2) is 8.28. The number of ether oxygens (including phenoxy) is 1. The smallest absolute Gasteiger partial charge is 0.102 e. The molecule has 102 valence electrons. The molecule has 0 aromatic heterocycles. The van der Waals surface area contributed by atoms with E-state index in [1.165, 1.54) is 5.56 Å². The molecule has 1 aromatic rings. The topological polar surface area (TPSA) is 29.5 Å². The summed E-state index contributed by atoms with van der Waals surface area (Å²) in [6.07, 6.45) is 2.79. The lowest BCUT2D eigenvalue weighted by molar-refractivity contribution is 0.0319. The molecule has 0 radical (unpaired) electrons. The van der Waals surface area contributed by atoms with Gasteiger partial charge >= 0.3 is 0 Å². The van der Waals surface area contributed by atoms with Crippen LogP contribution < -0.4 is 0 Å². The SMILES string of the molecule is CCCc1ccc(C(O)COCCC(C)C)cc1. The van der Waals surface area contributed by atoms with Gasteiger partial charge in [0.05, 0.1) is 6.61 Å². The highest BCUT2D eigenvalue weighted by atomic mass is 16.5. The average Bonchev–Trinajstić information content (AvgIpc) is 2.35. The number of aliphatic hydroxyl groups is 1. The second-order valence-corrected chi connectivity index (χ2v) is 5.26. The molecule has 0 heterocycles. The van der Waals surface area contributed by atoms with Crippen LogP contribution in [-0.2, 0) is 11.2 Å². The van der Waals surface area contributed by atoms with Gasteiger partial charge in [0, 0.05) is 6.61 Å². The number of benzene rings is 1. The summed E-state index contributed by atoms with van der Waals surface area (Å²) >= 11 is 0. The van der Waals surface area contributed by atoms with E-state index in [-0.39, 0.29) is 0 Å². The molecule has 0 aliphatic carbocycles. The van der Waals surface area contributed by atoms with Crippen molar-refractivity contribution < 1.29 is 9.84 Å². The molecule has 18 heavy (non-hydrogen) atoms. The minimum Gasteiger partial charge on any atom is -0.386 e. The van der Waals surface area contributed by atoms with Crippen LogP contribution in [0.2, 0.25) is 0 Å². The van der Waals surface area contributed by atoms with E-state index in [4.69, 9.17) is 4.74 Å². The van der Waals surface area contributed by atoms with Crippen molar-refractivity contribution in [2.75, 3.05) is 13.2 Å². The number of aryl methyl sites for hydroxylation is 1. The molecule has 1 aromatic carbocycles. The fraction of sp³-hybridized carbons (Fsp3) is 0.625. The highest BCUT2D eigenvalue weighted by Crippen LogP contribution is 2.15. The molecule has 0 bridgehead atoms. The van der Waals surface area contributed by atoms with E-state index in [1.807, 2.05) is 12.1 Å². The maximum atomic E-state index is 9.98. The molecule has 0 saturated carbocycles. The van der Waals surface area contributed by atoms with Gasteiger partial charge in [-0.2, -0.15) is 0 Å². The van der Waals surface area contributed by atoms with E-state index in [0.29, 0.717) is 12.5 Å². The Morgan fingerprint density at radius 1 is 1.17 bits per heavy atom. The molecule has 0 fully saturated rings. The van der Waals surface area contributed by atoms with Gasteiger partial charge in [-0.25, -0.2) is 0 Å². The maximum Gasteiger partial charge on any atom is 0.102 e. The second-order valence-electron chi connectivity index (χ2n) is 5.26. The van der Waals surface area contributed by atoms with Crippen molar-refractivity contribution in [2.24, 2.45) is 5.92 Å². The monoisotopic (exact) mass is 250 g/mol. The van der Waals surface area contributed by atoms with Gasteiger partial charge in [0.2, 0.25) is 0 Å². The molecule has 2 heteroatoms. The third kappa shape index (κ3) is 5.65. The summed E-state index contributed by atoms with van der Waals surface area (Å²) in [5, 5.41) is 9.98. The fourth-order valence-electron chi connectivity index (χ4n) is 1.81. The first kappa shape index (κ1) is 15.2. The van der Waals surface area contributed by atoms with Gasteiger partial charge in [0.25, 0.3) is 0 Å². The minimum atomic E-state index is -0.507. The van der Waals surface area contributed by atoms with Crippen molar-refractivity contribution in [3.05, 3.63) is 35.4 Å². The number of aliphatic hydroxyl groups excluding tert-OH is 1. The van der Waals surface area contributed by atoms with Crippen molar-refractivity contribution in [1.82, 2.24) is 0 Å². The standard InChI is InChI=1S/C16H26O2/c1-4-5-14-6-8-15(9-7-14)16(17)12-18-11-10-13(2)3/h6-9,13,16-17H,4-5,10-12H2,1-3H3. The lowest BCUT2D eigenvalue weighted by atomic mass is 10.0. The molecule has 0 spiro atoms. The van der Waals surface area contributed by atoms with Crippen molar-refractivity contribution >= 4 is 0 Å². The van der Waals surface area contributed by atoms with Crippen LogP contribution >= 0.6 is 0 Å². The van der Waals surface area contributed by atoms with Gasteiger partial charge in [0.1, 0.15) is 6.10 Å². The van der Waals surface area contributed by atoms with Gasteiger partial charge in [0.15, 0.2) is 0 Å². The Bertz CT molecular complexity index is 316. The van der Waals surface area contributed by atoms with Crippen molar-refractivity contribution in [2.45, 2.75) is 46.1 Å². The Kier molecular flexibility index (Phi) is 6.99. The summed E-state index contributed by atoms with van der Waals surface area (Å²) in [5.41, 5.74) is 2.27.